The van der Waals surface area contributed by atoms with Gasteiger partial charge < -0.3 is 14.5 Å². The SMILES string of the molecule is O=[PH](O)OC1=CNN(c2ccc(Cl)cc2)C1O. The molecule has 8 heteroatoms. The Bertz CT molecular complexity index is 465. The molecule has 2 atom stereocenters. The second kappa shape index (κ2) is 4.98. The summed E-state index contributed by atoms with van der Waals surface area (Å²) in [6.07, 6.45) is 0.162. The van der Waals surface area contributed by atoms with Gasteiger partial charge in [0.05, 0.1) is 11.9 Å². The molecule has 0 saturated heterocycles. The lowest BCUT2D eigenvalue weighted by molar-refractivity contribution is 0.161. The molecule has 17 heavy (non-hydrogen) atoms. The first-order valence-corrected chi connectivity index (χ1v) is 6.32. The lowest BCUT2D eigenvalue weighted by Crippen LogP contribution is -2.38. The van der Waals surface area contributed by atoms with Gasteiger partial charge in [0, 0.05) is 5.02 Å². The summed E-state index contributed by atoms with van der Waals surface area (Å²) in [6.45, 7) is 0. The molecule has 3 N–H and O–H groups in total. The van der Waals surface area contributed by atoms with Crippen molar-refractivity contribution in [2.75, 3.05) is 5.01 Å². The fourth-order valence-electron chi connectivity index (χ4n) is 1.41. The summed E-state index contributed by atoms with van der Waals surface area (Å²) in [5.74, 6) is -0.00802. The van der Waals surface area contributed by atoms with Crippen LogP contribution in [0.3, 0.4) is 0 Å². The van der Waals surface area contributed by atoms with Crippen LogP contribution in [0.2, 0.25) is 5.02 Å². The molecule has 0 bridgehead atoms. The minimum Gasteiger partial charge on any atom is -0.424 e. The predicted octanol–water partition coefficient (Wildman–Crippen LogP) is 1.22. The van der Waals surface area contributed by atoms with Crippen molar-refractivity contribution in [2.45, 2.75) is 6.23 Å². The molecule has 0 saturated carbocycles. The average molecular weight is 277 g/mol. The Morgan fingerprint density at radius 2 is 2.06 bits per heavy atom. The molecule has 0 amide bonds. The molecule has 2 rings (SSSR count). The minimum absolute atomic E-state index is 0.00802. The molecule has 6 nitrogen and oxygen atoms in total. The van der Waals surface area contributed by atoms with Gasteiger partial charge in [-0.25, -0.2) is 4.57 Å². The molecule has 1 heterocycles. The van der Waals surface area contributed by atoms with Gasteiger partial charge in [-0.05, 0) is 24.3 Å². The van der Waals surface area contributed by atoms with Crippen molar-refractivity contribution in [2.24, 2.45) is 0 Å². The van der Waals surface area contributed by atoms with E-state index in [4.69, 9.17) is 16.5 Å². The monoisotopic (exact) mass is 276 g/mol. The minimum atomic E-state index is -3.13. The van der Waals surface area contributed by atoms with Gasteiger partial charge in [-0.1, -0.05) is 11.6 Å². The number of anilines is 1. The molecule has 92 valence electrons. The van der Waals surface area contributed by atoms with E-state index in [0.717, 1.165) is 0 Å². The van der Waals surface area contributed by atoms with Crippen molar-refractivity contribution in [1.82, 2.24) is 5.43 Å². The first-order chi connectivity index (χ1) is 8.08. The number of nitrogens with one attached hydrogen (secondary N) is 1. The quantitative estimate of drug-likeness (QED) is 0.720. The highest BCUT2D eigenvalue weighted by Crippen LogP contribution is 2.29. The van der Waals surface area contributed by atoms with E-state index in [1.165, 1.54) is 11.2 Å². The third-order valence-electron chi connectivity index (χ3n) is 2.15. The first kappa shape index (κ1) is 12.3. The number of nitrogens with zero attached hydrogens (tertiary/aromatic N) is 1. The fourth-order valence-corrected chi connectivity index (χ4v) is 1.90. The summed E-state index contributed by atoms with van der Waals surface area (Å²) in [6, 6.07) is 6.71. The Labute approximate surface area is 103 Å². The largest absolute Gasteiger partial charge is 0.424 e. The Morgan fingerprint density at radius 1 is 1.41 bits per heavy atom. The second-order valence-electron chi connectivity index (χ2n) is 3.26. The van der Waals surface area contributed by atoms with Crippen LogP contribution in [-0.2, 0) is 9.09 Å². The molecule has 0 spiro atoms. The molecule has 1 aromatic carbocycles. The summed E-state index contributed by atoms with van der Waals surface area (Å²) >= 11 is 5.74. The van der Waals surface area contributed by atoms with E-state index in [2.05, 4.69) is 9.95 Å². The lowest BCUT2D eigenvalue weighted by atomic mass is 10.3. The van der Waals surface area contributed by atoms with Crippen LogP contribution in [0.5, 0.6) is 0 Å². The normalized spacial score (nSPS) is 20.8. The van der Waals surface area contributed by atoms with Gasteiger partial charge in [0.15, 0.2) is 5.76 Å². The number of hydrazine groups is 1. The molecule has 0 aliphatic carbocycles. The number of aliphatic hydroxyl groups is 1. The molecule has 1 aromatic rings. The molecule has 0 aromatic heterocycles. The highest BCUT2D eigenvalue weighted by atomic mass is 35.5. The van der Waals surface area contributed by atoms with Gasteiger partial charge in [0.25, 0.3) is 0 Å². The van der Waals surface area contributed by atoms with Gasteiger partial charge >= 0.3 is 8.25 Å². The van der Waals surface area contributed by atoms with Crippen molar-refractivity contribution in [3.63, 3.8) is 0 Å². The number of hydrogen-bond acceptors (Lipinski definition) is 5. The summed E-state index contributed by atoms with van der Waals surface area (Å²) in [7, 11) is -3.13. The van der Waals surface area contributed by atoms with E-state index < -0.39 is 14.5 Å². The third-order valence-corrected chi connectivity index (χ3v) is 2.82. The zero-order valence-corrected chi connectivity index (χ0v) is 10.3. The maximum atomic E-state index is 10.5. The van der Waals surface area contributed by atoms with Gasteiger partial charge in [0.2, 0.25) is 6.23 Å². The van der Waals surface area contributed by atoms with Gasteiger partial charge in [-0.2, -0.15) is 0 Å². The van der Waals surface area contributed by atoms with E-state index in [1.54, 1.807) is 24.3 Å². The lowest BCUT2D eigenvalue weighted by Gasteiger charge is -2.23. The van der Waals surface area contributed by atoms with E-state index in [1.807, 2.05) is 0 Å². The molecule has 1 aliphatic rings. The summed E-state index contributed by atoms with van der Waals surface area (Å²) < 4.78 is 15.1. The van der Waals surface area contributed by atoms with Crippen molar-refractivity contribution < 1.29 is 19.1 Å². The van der Waals surface area contributed by atoms with Crippen molar-refractivity contribution in [3.8, 4) is 0 Å². The molecular formula is C9H10ClN2O4P. The molecule has 2 unspecified atom stereocenters. The summed E-state index contributed by atoms with van der Waals surface area (Å²) in [5, 5.41) is 11.8. The number of benzene rings is 1. The Kier molecular flexibility index (Phi) is 3.59. The first-order valence-electron chi connectivity index (χ1n) is 4.68. The maximum Gasteiger partial charge on any atom is 0.365 e. The van der Waals surface area contributed by atoms with Crippen molar-refractivity contribution >= 4 is 25.5 Å². The van der Waals surface area contributed by atoms with Crippen LogP contribution in [-0.4, -0.2) is 16.2 Å². The van der Waals surface area contributed by atoms with Gasteiger partial charge in [-0.15, -0.1) is 0 Å². The zero-order valence-electron chi connectivity index (χ0n) is 8.50. The van der Waals surface area contributed by atoms with Crippen LogP contribution in [0, 0.1) is 0 Å². The topological polar surface area (TPSA) is 82.0 Å². The Hall–Kier alpha value is -1.20. The molecule has 1 aliphatic heterocycles. The van der Waals surface area contributed by atoms with E-state index >= 15 is 0 Å². The summed E-state index contributed by atoms with van der Waals surface area (Å²) in [5.41, 5.74) is 3.36. The van der Waals surface area contributed by atoms with E-state index in [0.29, 0.717) is 10.7 Å². The van der Waals surface area contributed by atoms with Crippen LogP contribution < -0.4 is 10.4 Å². The number of aliphatic hydroxyl groups excluding tert-OH is 1. The van der Waals surface area contributed by atoms with Gasteiger partial charge in [-0.3, -0.25) is 10.4 Å². The number of halogens is 1. The summed E-state index contributed by atoms with van der Waals surface area (Å²) in [4.78, 5) is 8.63. The van der Waals surface area contributed by atoms with Crippen LogP contribution >= 0.6 is 19.9 Å². The predicted molar refractivity (Wildman–Crippen MR) is 63.5 cm³/mol. The standard InChI is InChI=1S/C9H10ClN2O4P/c10-6-1-3-7(4-2-6)12-9(13)8(5-11-12)16-17(14)15/h1-5,9,11,13,17H,(H,14,15). The third kappa shape index (κ3) is 2.73. The van der Waals surface area contributed by atoms with Crippen LogP contribution in [0.15, 0.2) is 36.2 Å². The van der Waals surface area contributed by atoms with Crippen molar-refractivity contribution in [1.29, 1.82) is 0 Å². The van der Waals surface area contributed by atoms with Crippen LogP contribution in [0.1, 0.15) is 0 Å². The number of rotatable bonds is 3. The molecule has 0 fully saturated rings. The smallest absolute Gasteiger partial charge is 0.365 e. The molecule has 0 radical (unpaired) electrons. The second-order valence-corrected chi connectivity index (χ2v) is 4.44. The van der Waals surface area contributed by atoms with Crippen LogP contribution in [0.4, 0.5) is 5.69 Å². The van der Waals surface area contributed by atoms with Gasteiger partial charge in [0.1, 0.15) is 0 Å². The van der Waals surface area contributed by atoms with E-state index in [9.17, 15) is 9.67 Å². The molecular weight excluding hydrogens is 267 g/mol. The number of hydrogen-bond donors (Lipinski definition) is 3. The Morgan fingerprint density at radius 3 is 2.65 bits per heavy atom. The zero-order chi connectivity index (χ0) is 12.4. The average Bonchev–Trinajstić information content (AvgIpc) is 2.61. The maximum absolute atomic E-state index is 10.5. The highest BCUT2D eigenvalue weighted by Gasteiger charge is 2.28. The van der Waals surface area contributed by atoms with Crippen molar-refractivity contribution in [3.05, 3.63) is 41.2 Å². The highest BCUT2D eigenvalue weighted by molar-refractivity contribution is 7.32. The van der Waals surface area contributed by atoms with Crippen LogP contribution in [0.25, 0.3) is 0 Å². The van der Waals surface area contributed by atoms with E-state index in [-0.39, 0.29) is 5.76 Å². The fraction of sp³-hybridized carbons (Fsp3) is 0.111. The Balaban J connectivity index is 2.11.